The van der Waals surface area contributed by atoms with E-state index in [1.165, 1.54) is 0 Å². The number of carbonyl (C=O) groups is 1. The highest BCUT2D eigenvalue weighted by Gasteiger charge is 2.32. The van der Waals surface area contributed by atoms with E-state index in [0.717, 1.165) is 31.4 Å². The molecular formula is C15H20Cl2N2O. The van der Waals surface area contributed by atoms with Crippen LogP contribution in [0.1, 0.15) is 44.2 Å². The Morgan fingerprint density at radius 3 is 2.75 bits per heavy atom. The van der Waals surface area contributed by atoms with Gasteiger partial charge in [0.1, 0.15) is 0 Å². The number of hydrogen-bond acceptors (Lipinski definition) is 2. The van der Waals surface area contributed by atoms with E-state index in [2.05, 4.69) is 6.92 Å². The van der Waals surface area contributed by atoms with Gasteiger partial charge in [-0.3, -0.25) is 4.79 Å². The highest BCUT2D eigenvalue weighted by Crippen LogP contribution is 2.33. The standard InChI is InChI=1S/C15H20Cl2N2O/c1-2-8-19-14(20)5-3-4-13(18)15(19)10-6-7-11(16)12(17)9-10/h6-7,9,13,15H,2-5,8,18H2,1H3. The monoisotopic (exact) mass is 314 g/mol. The first-order chi connectivity index (χ1) is 9.54. The molecule has 1 saturated heterocycles. The van der Waals surface area contributed by atoms with Crippen LogP contribution in [0, 0.1) is 0 Å². The summed E-state index contributed by atoms with van der Waals surface area (Å²) in [6, 6.07) is 5.34. The lowest BCUT2D eigenvalue weighted by atomic mass is 9.96. The highest BCUT2D eigenvalue weighted by molar-refractivity contribution is 6.42. The van der Waals surface area contributed by atoms with Gasteiger partial charge in [0.25, 0.3) is 0 Å². The van der Waals surface area contributed by atoms with Gasteiger partial charge in [0.2, 0.25) is 5.91 Å². The van der Waals surface area contributed by atoms with E-state index >= 15 is 0 Å². The number of likely N-dealkylation sites (tertiary alicyclic amines) is 1. The molecule has 0 spiro atoms. The largest absolute Gasteiger partial charge is 0.334 e. The van der Waals surface area contributed by atoms with Gasteiger partial charge in [-0.25, -0.2) is 0 Å². The van der Waals surface area contributed by atoms with Crippen LogP contribution in [0.2, 0.25) is 10.0 Å². The molecule has 1 heterocycles. The molecule has 1 aromatic rings. The minimum atomic E-state index is -0.111. The second-order valence-corrected chi connectivity index (χ2v) is 6.08. The van der Waals surface area contributed by atoms with E-state index in [0.29, 0.717) is 16.5 Å². The fourth-order valence-electron chi connectivity index (χ4n) is 2.80. The molecule has 0 aromatic heterocycles. The maximum absolute atomic E-state index is 12.3. The van der Waals surface area contributed by atoms with Crippen molar-refractivity contribution in [2.75, 3.05) is 6.54 Å². The van der Waals surface area contributed by atoms with Crippen LogP contribution in [0.3, 0.4) is 0 Å². The van der Waals surface area contributed by atoms with E-state index in [4.69, 9.17) is 28.9 Å². The minimum Gasteiger partial charge on any atom is -0.334 e. The van der Waals surface area contributed by atoms with Crippen LogP contribution in [0.4, 0.5) is 0 Å². The van der Waals surface area contributed by atoms with Crippen molar-refractivity contribution in [3.05, 3.63) is 33.8 Å². The van der Waals surface area contributed by atoms with Crippen LogP contribution in [0.15, 0.2) is 18.2 Å². The third-order valence-corrected chi connectivity index (χ3v) is 4.48. The zero-order valence-electron chi connectivity index (χ0n) is 11.6. The van der Waals surface area contributed by atoms with Crippen molar-refractivity contribution >= 4 is 29.1 Å². The molecular weight excluding hydrogens is 295 g/mol. The molecule has 0 saturated carbocycles. The first-order valence-electron chi connectivity index (χ1n) is 7.04. The fraction of sp³-hybridized carbons (Fsp3) is 0.533. The molecule has 1 fully saturated rings. The van der Waals surface area contributed by atoms with E-state index in [9.17, 15) is 4.79 Å². The van der Waals surface area contributed by atoms with Gasteiger partial charge in [0.15, 0.2) is 0 Å². The lowest BCUT2D eigenvalue weighted by Crippen LogP contribution is -2.42. The minimum absolute atomic E-state index is 0.0646. The Bertz CT molecular complexity index is 493. The molecule has 2 atom stereocenters. The Kier molecular flexibility index (Phi) is 5.30. The molecule has 5 heteroatoms. The van der Waals surface area contributed by atoms with Crippen molar-refractivity contribution in [2.45, 2.75) is 44.7 Å². The predicted octanol–water partition coefficient (Wildman–Crippen LogP) is 3.78. The summed E-state index contributed by atoms with van der Waals surface area (Å²) < 4.78 is 0. The van der Waals surface area contributed by atoms with Gasteiger partial charge >= 0.3 is 0 Å². The molecule has 0 bridgehead atoms. The van der Waals surface area contributed by atoms with Crippen molar-refractivity contribution in [3.63, 3.8) is 0 Å². The lowest BCUT2D eigenvalue weighted by Gasteiger charge is -2.34. The first-order valence-corrected chi connectivity index (χ1v) is 7.80. The van der Waals surface area contributed by atoms with Gasteiger partial charge in [-0.15, -0.1) is 0 Å². The third-order valence-electron chi connectivity index (χ3n) is 3.74. The molecule has 1 amide bonds. The number of nitrogens with zero attached hydrogens (tertiary/aromatic N) is 1. The molecule has 1 aliphatic heterocycles. The average Bonchev–Trinajstić information content (AvgIpc) is 2.54. The third kappa shape index (κ3) is 3.27. The summed E-state index contributed by atoms with van der Waals surface area (Å²) >= 11 is 12.1. The molecule has 0 radical (unpaired) electrons. The van der Waals surface area contributed by atoms with Crippen molar-refractivity contribution in [1.29, 1.82) is 0 Å². The maximum Gasteiger partial charge on any atom is 0.223 e. The smallest absolute Gasteiger partial charge is 0.223 e. The van der Waals surface area contributed by atoms with Gasteiger partial charge in [0.05, 0.1) is 16.1 Å². The SMILES string of the molecule is CCCN1C(=O)CCCC(N)C1c1ccc(Cl)c(Cl)c1. The number of benzene rings is 1. The summed E-state index contributed by atoms with van der Waals surface area (Å²) in [6.45, 7) is 2.78. The van der Waals surface area contributed by atoms with Crippen molar-refractivity contribution in [3.8, 4) is 0 Å². The molecule has 1 aromatic carbocycles. The van der Waals surface area contributed by atoms with Gasteiger partial charge < -0.3 is 10.6 Å². The number of amides is 1. The summed E-state index contributed by atoms with van der Waals surface area (Å²) in [5.74, 6) is 0.177. The second-order valence-electron chi connectivity index (χ2n) is 5.26. The van der Waals surface area contributed by atoms with E-state index in [1.54, 1.807) is 6.07 Å². The van der Waals surface area contributed by atoms with Crippen LogP contribution in [-0.2, 0) is 4.79 Å². The zero-order valence-corrected chi connectivity index (χ0v) is 13.1. The summed E-state index contributed by atoms with van der Waals surface area (Å²) in [7, 11) is 0. The van der Waals surface area contributed by atoms with E-state index in [-0.39, 0.29) is 18.0 Å². The molecule has 2 rings (SSSR count). The quantitative estimate of drug-likeness (QED) is 0.922. The average molecular weight is 315 g/mol. The Morgan fingerprint density at radius 1 is 1.35 bits per heavy atom. The van der Waals surface area contributed by atoms with E-state index in [1.807, 2.05) is 17.0 Å². The van der Waals surface area contributed by atoms with Crippen LogP contribution < -0.4 is 5.73 Å². The van der Waals surface area contributed by atoms with Crippen LogP contribution in [0.25, 0.3) is 0 Å². The Balaban J connectivity index is 2.40. The molecule has 3 nitrogen and oxygen atoms in total. The maximum atomic E-state index is 12.3. The zero-order chi connectivity index (χ0) is 14.7. The number of rotatable bonds is 3. The van der Waals surface area contributed by atoms with Gasteiger partial charge in [-0.1, -0.05) is 36.2 Å². The predicted molar refractivity (Wildman–Crippen MR) is 83.0 cm³/mol. The summed E-state index contributed by atoms with van der Waals surface area (Å²) in [4.78, 5) is 14.2. The summed E-state index contributed by atoms with van der Waals surface area (Å²) in [5.41, 5.74) is 7.28. The van der Waals surface area contributed by atoms with Crippen LogP contribution in [-0.4, -0.2) is 23.4 Å². The number of hydrogen-bond donors (Lipinski definition) is 1. The van der Waals surface area contributed by atoms with Crippen molar-refractivity contribution in [1.82, 2.24) is 4.90 Å². The number of nitrogens with two attached hydrogens (primary N) is 1. The lowest BCUT2D eigenvalue weighted by molar-refractivity contribution is -0.133. The van der Waals surface area contributed by atoms with Crippen LogP contribution in [0.5, 0.6) is 0 Å². The molecule has 0 aliphatic carbocycles. The summed E-state index contributed by atoms with van der Waals surface area (Å²) in [5, 5.41) is 1.02. The topological polar surface area (TPSA) is 46.3 Å². The Morgan fingerprint density at radius 2 is 2.10 bits per heavy atom. The van der Waals surface area contributed by atoms with Gasteiger partial charge in [-0.2, -0.15) is 0 Å². The van der Waals surface area contributed by atoms with Crippen LogP contribution >= 0.6 is 23.2 Å². The fourth-order valence-corrected chi connectivity index (χ4v) is 3.11. The molecule has 1 aliphatic rings. The Hall–Kier alpha value is -0.770. The summed E-state index contributed by atoms with van der Waals surface area (Å²) in [6.07, 6.45) is 3.18. The molecule has 2 unspecified atom stereocenters. The highest BCUT2D eigenvalue weighted by atomic mass is 35.5. The first kappa shape index (κ1) is 15.6. The Labute approximate surface area is 130 Å². The van der Waals surface area contributed by atoms with Gasteiger partial charge in [-0.05, 0) is 37.0 Å². The van der Waals surface area contributed by atoms with Gasteiger partial charge in [0, 0.05) is 19.0 Å². The van der Waals surface area contributed by atoms with E-state index < -0.39 is 0 Å². The second kappa shape index (κ2) is 6.79. The molecule has 20 heavy (non-hydrogen) atoms. The van der Waals surface area contributed by atoms with Crippen molar-refractivity contribution in [2.24, 2.45) is 5.73 Å². The molecule has 110 valence electrons. The number of carbonyl (C=O) groups excluding carboxylic acids is 1. The van der Waals surface area contributed by atoms with Crippen molar-refractivity contribution < 1.29 is 4.79 Å². The number of halogens is 2. The normalized spacial score (nSPS) is 23.8. The molecule has 2 N–H and O–H groups in total.